The number of fused-ring (bicyclic) bond motifs is 1. The molecule has 1 aliphatic carbocycles. The summed E-state index contributed by atoms with van der Waals surface area (Å²) in [6.07, 6.45) is 5.13. The van der Waals surface area contributed by atoms with E-state index < -0.39 is 0 Å². The standard InChI is InChI=1S/C18H25O2/c1-12(2)16-6-4-13(3)8-15(16)9-14-5-7-17-18(10-14)20-11-19-17/h5,7,10,12-13,16H,4,6,8-9,11H2,1-3H3. The van der Waals surface area contributed by atoms with Crippen molar-refractivity contribution in [2.45, 2.75) is 46.5 Å². The lowest BCUT2D eigenvalue weighted by Gasteiger charge is -2.37. The van der Waals surface area contributed by atoms with E-state index in [4.69, 9.17) is 9.47 Å². The maximum absolute atomic E-state index is 5.49. The largest absolute Gasteiger partial charge is 0.454 e. The fraction of sp³-hybridized carbons (Fsp3) is 0.611. The van der Waals surface area contributed by atoms with E-state index >= 15 is 0 Å². The topological polar surface area (TPSA) is 18.5 Å². The quantitative estimate of drug-likeness (QED) is 0.799. The second-order valence-electron chi connectivity index (χ2n) is 6.76. The zero-order valence-corrected chi connectivity index (χ0v) is 12.8. The number of hydrogen-bond donors (Lipinski definition) is 0. The van der Waals surface area contributed by atoms with Gasteiger partial charge in [0.15, 0.2) is 11.5 Å². The molecule has 1 radical (unpaired) electrons. The van der Waals surface area contributed by atoms with Crippen molar-refractivity contribution in [3.05, 3.63) is 29.7 Å². The van der Waals surface area contributed by atoms with Crippen LogP contribution >= 0.6 is 0 Å². The van der Waals surface area contributed by atoms with E-state index in [0.717, 1.165) is 35.7 Å². The molecule has 2 nitrogen and oxygen atoms in total. The van der Waals surface area contributed by atoms with Gasteiger partial charge in [0.25, 0.3) is 0 Å². The highest BCUT2D eigenvalue weighted by Gasteiger charge is 2.31. The molecule has 0 spiro atoms. The molecule has 1 aromatic carbocycles. The van der Waals surface area contributed by atoms with Gasteiger partial charge in [-0.25, -0.2) is 0 Å². The fourth-order valence-corrected chi connectivity index (χ4v) is 3.69. The van der Waals surface area contributed by atoms with E-state index in [9.17, 15) is 0 Å². The summed E-state index contributed by atoms with van der Waals surface area (Å²) >= 11 is 0. The monoisotopic (exact) mass is 273 g/mol. The highest BCUT2D eigenvalue weighted by atomic mass is 16.7. The van der Waals surface area contributed by atoms with Crippen molar-refractivity contribution >= 4 is 0 Å². The van der Waals surface area contributed by atoms with Crippen LogP contribution in [0.5, 0.6) is 11.5 Å². The normalized spacial score (nSPS) is 26.2. The van der Waals surface area contributed by atoms with Crippen molar-refractivity contribution in [1.29, 1.82) is 0 Å². The third kappa shape index (κ3) is 2.79. The molecule has 109 valence electrons. The minimum absolute atomic E-state index is 0.362. The van der Waals surface area contributed by atoms with Gasteiger partial charge >= 0.3 is 0 Å². The third-order valence-electron chi connectivity index (χ3n) is 4.78. The molecule has 0 N–H and O–H groups in total. The first-order chi connectivity index (χ1) is 9.63. The Morgan fingerprint density at radius 2 is 1.95 bits per heavy atom. The number of benzene rings is 1. The Morgan fingerprint density at radius 3 is 2.75 bits per heavy atom. The van der Waals surface area contributed by atoms with Crippen LogP contribution in [0.1, 0.15) is 45.6 Å². The summed E-state index contributed by atoms with van der Waals surface area (Å²) in [6, 6.07) is 6.40. The van der Waals surface area contributed by atoms with E-state index in [-0.39, 0.29) is 0 Å². The lowest BCUT2D eigenvalue weighted by Crippen LogP contribution is -2.27. The second-order valence-corrected chi connectivity index (χ2v) is 6.76. The van der Waals surface area contributed by atoms with Crippen LogP contribution in [0.15, 0.2) is 18.2 Å². The Hall–Kier alpha value is -1.18. The van der Waals surface area contributed by atoms with E-state index in [1.165, 1.54) is 24.8 Å². The first kappa shape index (κ1) is 13.8. The molecule has 1 aliphatic heterocycles. The van der Waals surface area contributed by atoms with Gasteiger partial charge in [-0.05, 0) is 60.6 Å². The minimum atomic E-state index is 0.362. The number of ether oxygens (including phenoxy) is 2. The molecule has 0 aromatic heterocycles. The van der Waals surface area contributed by atoms with Gasteiger partial charge in [-0.1, -0.05) is 33.3 Å². The second kappa shape index (κ2) is 5.67. The van der Waals surface area contributed by atoms with Gasteiger partial charge in [0.05, 0.1) is 0 Å². The first-order valence-electron chi connectivity index (χ1n) is 7.86. The summed E-state index contributed by atoms with van der Waals surface area (Å²) in [5.74, 6) is 5.92. The van der Waals surface area contributed by atoms with E-state index in [1.807, 2.05) is 0 Å². The van der Waals surface area contributed by atoms with Crippen molar-refractivity contribution in [2.75, 3.05) is 6.79 Å². The number of hydrogen-bond acceptors (Lipinski definition) is 2. The van der Waals surface area contributed by atoms with Crippen LogP contribution in [-0.2, 0) is 6.42 Å². The average Bonchev–Trinajstić information content (AvgIpc) is 2.85. The van der Waals surface area contributed by atoms with Crippen LogP contribution in [0.3, 0.4) is 0 Å². The predicted octanol–water partition coefficient (Wildman–Crippen LogP) is 4.62. The summed E-state index contributed by atoms with van der Waals surface area (Å²) in [5.41, 5.74) is 1.36. The zero-order valence-electron chi connectivity index (χ0n) is 12.8. The van der Waals surface area contributed by atoms with E-state index in [0.29, 0.717) is 6.79 Å². The molecule has 1 aromatic rings. The molecule has 1 fully saturated rings. The molecule has 0 amide bonds. The molecule has 2 aliphatic rings. The number of rotatable bonds is 3. The molecule has 0 bridgehead atoms. The van der Waals surface area contributed by atoms with Gasteiger partial charge in [0, 0.05) is 0 Å². The molecule has 0 saturated heterocycles. The molecule has 2 atom stereocenters. The fourth-order valence-electron chi connectivity index (χ4n) is 3.69. The summed E-state index contributed by atoms with van der Waals surface area (Å²) < 4.78 is 10.9. The Labute approximate surface area is 122 Å². The predicted molar refractivity (Wildman–Crippen MR) is 80.9 cm³/mol. The maximum Gasteiger partial charge on any atom is 0.231 e. The Balaban J connectivity index is 1.74. The van der Waals surface area contributed by atoms with Gasteiger partial charge in [0.2, 0.25) is 6.79 Å². The summed E-state index contributed by atoms with van der Waals surface area (Å²) in [5, 5.41) is 0. The van der Waals surface area contributed by atoms with Gasteiger partial charge in [-0.3, -0.25) is 0 Å². The molecule has 2 unspecified atom stereocenters. The summed E-state index contributed by atoms with van der Waals surface area (Å²) in [7, 11) is 0. The first-order valence-corrected chi connectivity index (χ1v) is 7.86. The van der Waals surface area contributed by atoms with Crippen LogP contribution in [-0.4, -0.2) is 6.79 Å². The van der Waals surface area contributed by atoms with Gasteiger partial charge in [0.1, 0.15) is 0 Å². The van der Waals surface area contributed by atoms with Gasteiger partial charge in [-0.15, -0.1) is 0 Å². The third-order valence-corrected chi connectivity index (χ3v) is 4.78. The van der Waals surface area contributed by atoms with Crippen molar-refractivity contribution in [3.8, 4) is 11.5 Å². The van der Waals surface area contributed by atoms with Gasteiger partial charge in [-0.2, -0.15) is 0 Å². The Morgan fingerprint density at radius 1 is 1.15 bits per heavy atom. The van der Waals surface area contributed by atoms with Crippen LogP contribution in [0.25, 0.3) is 0 Å². The van der Waals surface area contributed by atoms with Crippen molar-refractivity contribution in [3.63, 3.8) is 0 Å². The maximum atomic E-state index is 5.49. The van der Waals surface area contributed by atoms with Crippen LogP contribution in [0.4, 0.5) is 0 Å². The van der Waals surface area contributed by atoms with E-state index in [2.05, 4.69) is 39.0 Å². The van der Waals surface area contributed by atoms with E-state index in [1.54, 1.807) is 5.92 Å². The van der Waals surface area contributed by atoms with Crippen molar-refractivity contribution < 1.29 is 9.47 Å². The lowest BCUT2D eigenvalue weighted by molar-refractivity contribution is 0.174. The summed E-state index contributed by atoms with van der Waals surface area (Å²) in [4.78, 5) is 0. The van der Waals surface area contributed by atoms with Crippen LogP contribution in [0.2, 0.25) is 0 Å². The minimum Gasteiger partial charge on any atom is -0.454 e. The molecule has 2 heteroatoms. The Kier molecular flexibility index (Phi) is 3.91. The zero-order chi connectivity index (χ0) is 14.1. The van der Waals surface area contributed by atoms with Crippen molar-refractivity contribution in [2.24, 2.45) is 17.8 Å². The molecular weight excluding hydrogens is 248 g/mol. The molecule has 20 heavy (non-hydrogen) atoms. The summed E-state index contributed by atoms with van der Waals surface area (Å²) in [6.45, 7) is 7.47. The average molecular weight is 273 g/mol. The Bertz CT molecular complexity index is 466. The molecular formula is C18H25O2. The SMILES string of the molecule is CC1CCC(C(C)C)[C](Cc2ccc3c(c2)OCO3)C1. The smallest absolute Gasteiger partial charge is 0.231 e. The molecule has 1 heterocycles. The lowest BCUT2D eigenvalue weighted by atomic mass is 9.68. The highest BCUT2D eigenvalue weighted by molar-refractivity contribution is 5.45. The highest BCUT2D eigenvalue weighted by Crippen LogP contribution is 2.42. The molecule has 1 saturated carbocycles. The van der Waals surface area contributed by atoms with Crippen molar-refractivity contribution in [1.82, 2.24) is 0 Å². The van der Waals surface area contributed by atoms with Crippen LogP contribution in [0, 0.1) is 23.7 Å². The van der Waals surface area contributed by atoms with Crippen LogP contribution < -0.4 is 9.47 Å². The van der Waals surface area contributed by atoms with Gasteiger partial charge < -0.3 is 9.47 Å². The molecule has 3 rings (SSSR count).